The van der Waals surface area contributed by atoms with Crippen molar-refractivity contribution in [3.63, 3.8) is 0 Å². The van der Waals surface area contributed by atoms with Crippen LogP contribution in [0.4, 0.5) is 0 Å². The van der Waals surface area contributed by atoms with Crippen molar-refractivity contribution in [1.29, 1.82) is 0 Å². The van der Waals surface area contributed by atoms with E-state index < -0.39 is 5.69 Å². The molecule has 0 spiro atoms. The largest absolute Gasteiger partial charge is 0.332 e. The lowest BCUT2D eigenvalue weighted by molar-refractivity contribution is 0.921. The number of hydrogen-bond acceptors (Lipinski definition) is 2. The molecular weight excluding hydrogens is 212 g/mol. The van der Waals surface area contributed by atoms with Gasteiger partial charge < -0.3 is 4.98 Å². The van der Waals surface area contributed by atoms with Gasteiger partial charge in [-0.3, -0.25) is 4.79 Å². The van der Waals surface area contributed by atoms with E-state index in [-0.39, 0.29) is 5.56 Å². The summed E-state index contributed by atoms with van der Waals surface area (Å²) in [7, 11) is 0. The van der Waals surface area contributed by atoms with E-state index in [2.05, 4.69) is 20.9 Å². The van der Waals surface area contributed by atoms with Gasteiger partial charge in [0.1, 0.15) is 0 Å². The van der Waals surface area contributed by atoms with Gasteiger partial charge in [-0.25, -0.2) is 9.36 Å². The third kappa shape index (κ3) is 1.68. The number of aromatic nitrogens is 2. The Hall–Kier alpha value is -1.10. The van der Waals surface area contributed by atoms with Crippen molar-refractivity contribution < 1.29 is 0 Å². The van der Waals surface area contributed by atoms with Crippen LogP contribution in [-0.2, 0) is 0 Å². The molecule has 0 radical (unpaired) electrons. The Bertz CT molecular complexity index is 348. The van der Waals surface area contributed by atoms with E-state index in [1.165, 1.54) is 23.4 Å². The Labute approximate surface area is 70.3 Å². The Morgan fingerprint density at radius 2 is 2.27 bits per heavy atom. The fourth-order valence-electron chi connectivity index (χ4n) is 0.632. The lowest BCUT2D eigenvalue weighted by Crippen LogP contribution is -2.29. The molecule has 1 heterocycles. The smallest absolute Gasteiger partial charge is 0.314 e. The number of halogens is 1. The molecule has 0 amide bonds. The van der Waals surface area contributed by atoms with Crippen LogP contribution in [0.5, 0.6) is 0 Å². The molecular formula is C6H5BrN2O2. The Kier molecular flexibility index (Phi) is 2.43. The van der Waals surface area contributed by atoms with Crippen molar-refractivity contribution in [1.82, 2.24) is 9.55 Å². The molecule has 1 aromatic rings. The average molecular weight is 217 g/mol. The van der Waals surface area contributed by atoms with Crippen molar-refractivity contribution in [3.05, 3.63) is 38.1 Å². The highest BCUT2D eigenvalue weighted by Crippen LogP contribution is 1.82. The SMILES string of the molecule is O=c1cc[nH]c(=O)n1C=CBr. The first-order valence-electron chi connectivity index (χ1n) is 2.83. The molecule has 5 heteroatoms. The molecule has 1 N–H and O–H groups in total. The molecule has 0 bridgehead atoms. The van der Waals surface area contributed by atoms with Gasteiger partial charge in [0, 0.05) is 18.5 Å². The second-order valence-electron chi connectivity index (χ2n) is 1.77. The maximum atomic E-state index is 10.9. The number of aromatic amines is 1. The van der Waals surface area contributed by atoms with Gasteiger partial charge in [0.2, 0.25) is 0 Å². The van der Waals surface area contributed by atoms with Gasteiger partial charge in [-0.1, -0.05) is 15.9 Å². The molecule has 0 aromatic carbocycles. The van der Waals surface area contributed by atoms with E-state index in [4.69, 9.17) is 0 Å². The van der Waals surface area contributed by atoms with Gasteiger partial charge in [-0.05, 0) is 4.99 Å². The van der Waals surface area contributed by atoms with Gasteiger partial charge in [0.25, 0.3) is 5.56 Å². The lowest BCUT2D eigenvalue weighted by atomic mass is 10.6. The van der Waals surface area contributed by atoms with Crippen LogP contribution >= 0.6 is 15.9 Å². The first kappa shape index (κ1) is 8.00. The molecule has 0 unspecified atom stereocenters. The van der Waals surface area contributed by atoms with Crippen LogP contribution in [0.3, 0.4) is 0 Å². The van der Waals surface area contributed by atoms with Crippen LogP contribution in [0.15, 0.2) is 26.8 Å². The number of nitrogens with one attached hydrogen (secondary N) is 1. The molecule has 0 saturated heterocycles. The summed E-state index contributed by atoms with van der Waals surface area (Å²) in [6.07, 6.45) is 2.64. The first-order valence-corrected chi connectivity index (χ1v) is 3.74. The van der Waals surface area contributed by atoms with Gasteiger partial charge in [0.15, 0.2) is 0 Å². The van der Waals surface area contributed by atoms with E-state index in [9.17, 15) is 9.59 Å². The second kappa shape index (κ2) is 3.34. The van der Waals surface area contributed by atoms with Crippen molar-refractivity contribution in [3.8, 4) is 0 Å². The highest BCUT2D eigenvalue weighted by Gasteiger charge is 1.92. The van der Waals surface area contributed by atoms with Crippen LogP contribution in [0.25, 0.3) is 6.20 Å². The zero-order chi connectivity index (χ0) is 8.27. The normalized spacial score (nSPS) is 10.6. The second-order valence-corrected chi connectivity index (χ2v) is 2.29. The predicted octanol–water partition coefficient (Wildman–Crippen LogP) is 0.360. The number of H-pyrrole nitrogens is 1. The Morgan fingerprint density at radius 1 is 1.55 bits per heavy atom. The molecule has 0 saturated carbocycles. The molecule has 0 aliphatic carbocycles. The highest BCUT2D eigenvalue weighted by molar-refractivity contribution is 9.11. The number of nitrogens with zero attached hydrogens (tertiary/aromatic N) is 1. The summed E-state index contributed by atoms with van der Waals surface area (Å²) in [6.45, 7) is 0. The van der Waals surface area contributed by atoms with Gasteiger partial charge >= 0.3 is 5.69 Å². The minimum absolute atomic E-state index is 0.357. The fraction of sp³-hybridized carbons (Fsp3) is 0. The quantitative estimate of drug-likeness (QED) is 0.738. The predicted molar refractivity (Wildman–Crippen MR) is 45.6 cm³/mol. The number of hydrogen-bond donors (Lipinski definition) is 1. The third-order valence-corrected chi connectivity index (χ3v) is 1.33. The standard InChI is InChI=1S/C6H5BrN2O2/c7-2-4-9-5(10)1-3-8-6(9)11/h1-4H,(H,8,11). The molecule has 0 fully saturated rings. The van der Waals surface area contributed by atoms with Crippen LogP contribution in [0.1, 0.15) is 0 Å². The molecule has 0 atom stereocenters. The summed E-state index contributed by atoms with van der Waals surface area (Å²) in [4.78, 5) is 25.6. The third-order valence-electron chi connectivity index (χ3n) is 1.09. The van der Waals surface area contributed by atoms with Crippen molar-refractivity contribution in [2.24, 2.45) is 0 Å². The monoisotopic (exact) mass is 216 g/mol. The molecule has 1 aromatic heterocycles. The number of rotatable bonds is 1. The lowest BCUT2D eigenvalue weighted by Gasteiger charge is -1.91. The first-order chi connectivity index (χ1) is 5.25. The Morgan fingerprint density at radius 3 is 2.82 bits per heavy atom. The molecule has 1 rings (SSSR count). The topological polar surface area (TPSA) is 54.9 Å². The van der Waals surface area contributed by atoms with Crippen molar-refractivity contribution in [2.45, 2.75) is 0 Å². The van der Waals surface area contributed by atoms with Gasteiger partial charge in [-0.2, -0.15) is 0 Å². The summed E-state index contributed by atoms with van der Waals surface area (Å²) in [5.74, 6) is 0. The van der Waals surface area contributed by atoms with E-state index in [0.717, 1.165) is 4.57 Å². The van der Waals surface area contributed by atoms with Crippen LogP contribution in [0.2, 0.25) is 0 Å². The molecule has 11 heavy (non-hydrogen) atoms. The van der Waals surface area contributed by atoms with Gasteiger partial charge in [0.05, 0.1) is 0 Å². The van der Waals surface area contributed by atoms with E-state index in [1.54, 1.807) is 0 Å². The van der Waals surface area contributed by atoms with Gasteiger partial charge in [-0.15, -0.1) is 0 Å². The Balaban J connectivity index is 3.45. The van der Waals surface area contributed by atoms with Crippen LogP contribution < -0.4 is 11.2 Å². The summed E-state index contributed by atoms with van der Waals surface area (Å²) >= 11 is 2.96. The van der Waals surface area contributed by atoms with Crippen molar-refractivity contribution >= 4 is 22.1 Å². The van der Waals surface area contributed by atoms with E-state index in [0.29, 0.717) is 0 Å². The molecule has 58 valence electrons. The summed E-state index contributed by atoms with van der Waals surface area (Å²) in [5.41, 5.74) is -0.808. The maximum absolute atomic E-state index is 10.9. The van der Waals surface area contributed by atoms with Crippen LogP contribution in [-0.4, -0.2) is 9.55 Å². The van der Waals surface area contributed by atoms with E-state index in [1.807, 2.05) is 0 Å². The van der Waals surface area contributed by atoms with E-state index >= 15 is 0 Å². The molecule has 4 nitrogen and oxygen atoms in total. The molecule has 0 aliphatic rings. The van der Waals surface area contributed by atoms with Crippen LogP contribution in [0, 0.1) is 0 Å². The maximum Gasteiger partial charge on any atom is 0.332 e. The van der Waals surface area contributed by atoms with Crippen molar-refractivity contribution in [2.75, 3.05) is 0 Å². The average Bonchev–Trinajstić information content (AvgIpc) is 1.97. The minimum Gasteiger partial charge on any atom is -0.314 e. The zero-order valence-electron chi connectivity index (χ0n) is 5.45. The summed E-state index contributed by atoms with van der Waals surface area (Å²) in [5, 5.41) is 0. The zero-order valence-corrected chi connectivity index (χ0v) is 7.04. The minimum atomic E-state index is -0.451. The highest BCUT2D eigenvalue weighted by atomic mass is 79.9. The summed E-state index contributed by atoms with van der Waals surface area (Å²) in [6, 6.07) is 1.27. The summed E-state index contributed by atoms with van der Waals surface area (Å²) < 4.78 is 0.953. The molecule has 0 aliphatic heterocycles. The fourth-order valence-corrected chi connectivity index (χ4v) is 0.868.